The molecule has 4 heteroatoms. The third-order valence-corrected chi connectivity index (χ3v) is 3.70. The van der Waals surface area contributed by atoms with E-state index in [1.807, 2.05) is 13.8 Å². The van der Waals surface area contributed by atoms with Gasteiger partial charge in [-0.3, -0.25) is 0 Å². The van der Waals surface area contributed by atoms with Gasteiger partial charge in [0, 0.05) is 22.9 Å². The van der Waals surface area contributed by atoms with E-state index in [2.05, 4.69) is 33.0 Å². The summed E-state index contributed by atoms with van der Waals surface area (Å²) in [7, 11) is 0. The van der Waals surface area contributed by atoms with Crippen LogP contribution in [0, 0.1) is 10.8 Å². The summed E-state index contributed by atoms with van der Waals surface area (Å²) in [4.78, 5) is 11.6. The molecule has 4 nitrogen and oxygen atoms in total. The van der Waals surface area contributed by atoms with Gasteiger partial charge in [0.25, 0.3) is 0 Å². The first-order chi connectivity index (χ1) is 7.10. The summed E-state index contributed by atoms with van der Waals surface area (Å²) in [5, 5.41) is 2.92. The molecule has 0 heterocycles. The molecule has 0 aromatic rings. The number of nitrogens with one attached hydrogen (secondary N) is 1. The highest BCUT2D eigenvalue weighted by atomic mass is 16.6. The summed E-state index contributed by atoms with van der Waals surface area (Å²) in [5.41, 5.74) is 5.94. The predicted octanol–water partition coefficient (Wildman–Crippen LogP) is 1.88. The molecule has 1 rings (SSSR count). The minimum absolute atomic E-state index is 0.0567. The van der Waals surface area contributed by atoms with Gasteiger partial charge in [-0.05, 0) is 13.8 Å². The summed E-state index contributed by atoms with van der Waals surface area (Å²) in [6.45, 7) is 12.0. The van der Waals surface area contributed by atoms with Gasteiger partial charge in [-0.2, -0.15) is 0 Å². The average molecular weight is 228 g/mol. The molecule has 0 spiro atoms. The largest absolute Gasteiger partial charge is 0.447 e. The maximum Gasteiger partial charge on any atom is 0.407 e. The number of hydrogen-bond acceptors (Lipinski definition) is 3. The molecule has 16 heavy (non-hydrogen) atoms. The van der Waals surface area contributed by atoms with Crippen molar-refractivity contribution < 1.29 is 9.53 Å². The summed E-state index contributed by atoms with van der Waals surface area (Å²) < 4.78 is 5.09. The molecule has 0 unspecified atom stereocenters. The Kier molecular flexibility index (Phi) is 3.25. The SMILES string of the molecule is CC(C)OC(=O)NC1C(C)(C)C(N)C1(C)C. The Labute approximate surface area is 97.9 Å². The van der Waals surface area contributed by atoms with E-state index in [0.29, 0.717) is 0 Å². The minimum atomic E-state index is -0.354. The second-order valence-corrected chi connectivity index (χ2v) is 6.15. The highest BCUT2D eigenvalue weighted by molar-refractivity contribution is 5.68. The average Bonchev–Trinajstić information content (AvgIpc) is 2.11. The molecule has 0 aliphatic heterocycles. The number of ether oxygens (including phenoxy) is 1. The van der Waals surface area contributed by atoms with Gasteiger partial charge in [-0.25, -0.2) is 4.79 Å². The molecule has 0 aromatic carbocycles. The summed E-state index contributed by atoms with van der Waals surface area (Å²) in [6, 6.07) is 0.144. The van der Waals surface area contributed by atoms with E-state index in [0.717, 1.165) is 0 Å². The van der Waals surface area contributed by atoms with Gasteiger partial charge in [-0.15, -0.1) is 0 Å². The van der Waals surface area contributed by atoms with E-state index < -0.39 is 0 Å². The molecular weight excluding hydrogens is 204 g/mol. The molecule has 3 N–H and O–H groups in total. The minimum Gasteiger partial charge on any atom is -0.447 e. The number of amides is 1. The van der Waals surface area contributed by atoms with Crippen LogP contribution in [0.3, 0.4) is 0 Å². The summed E-state index contributed by atoms with van der Waals surface area (Å²) >= 11 is 0. The van der Waals surface area contributed by atoms with E-state index in [1.54, 1.807) is 0 Å². The molecule has 1 aliphatic carbocycles. The predicted molar refractivity (Wildman–Crippen MR) is 64.1 cm³/mol. The second-order valence-electron chi connectivity index (χ2n) is 6.15. The van der Waals surface area contributed by atoms with E-state index in [-0.39, 0.29) is 35.1 Å². The van der Waals surface area contributed by atoms with E-state index in [4.69, 9.17) is 10.5 Å². The zero-order chi connectivity index (χ0) is 12.7. The monoisotopic (exact) mass is 228 g/mol. The molecule has 94 valence electrons. The van der Waals surface area contributed by atoms with E-state index in [1.165, 1.54) is 0 Å². The van der Waals surface area contributed by atoms with Crippen molar-refractivity contribution in [2.24, 2.45) is 16.6 Å². The van der Waals surface area contributed by atoms with Crippen molar-refractivity contribution in [3.05, 3.63) is 0 Å². The van der Waals surface area contributed by atoms with Gasteiger partial charge < -0.3 is 15.8 Å². The van der Waals surface area contributed by atoms with Gasteiger partial charge in [0.2, 0.25) is 0 Å². The lowest BCUT2D eigenvalue weighted by Gasteiger charge is -2.62. The van der Waals surface area contributed by atoms with Gasteiger partial charge in [0.05, 0.1) is 6.10 Å². The molecule has 1 saturated carbocycles. The topological polar surface area (TPSA) is 64.3 Å². The lowest BCUT2D eigenvalue weighted by molar-refractivity contribution is -0.0699. The number of nitrogens with two attached hydrogens (primary N) is 1. The number of carbonyl (C=O) groups is 1. The van der Waals surface area contributed by atoms with Crippen molar-refractivity contribution in [1.82, 2.24) is 5.32 Å². The lowest BCUT2D eigenvalue weighted by atomic mass is 9.48. The fraction of sp³-hybridized carbons (Fsp3) is 0.917. The van der Waals surface area contributed by atoms with Gasteiger partial charge >= 0.3 is 6.09 Å². The summed E-state index contributed by atoms with van der Waals surface area (Å²) in [5.74, 6) is 0. The third-order valence-electron chi connectivity index (χ3n) is 3.70. The van der Waals surface area contributed by atoms with Crippen molar-refractivity contribution in [3.63, 3.8) is 0 Å². The van der Waals surface area contributed by atoms with Crippen LogP contribution < -0.4 is 11.1 Å². The number of hydrogen-bond donors (Lipinski definition) is 2. The second kappa shape index (κ2) is 3.91. The number of rotatable bonds is 2. The maximum absolute atomic E-state index is 11.6. The van der Waals surface area contributed by atoms with Crippen molar-refractivity contribution in [2.75, 3.05) is 0 Å². The van der Waals surface area contributed by atoms with Crippen LogP contribution in [0.1, 0.15) is 41.5 Å². The zero-order valence-corrected chi connectivity index (χ0v) is 11.1. The van der Waals surface area contributed by atoms with Crippen LogP contribution in [0.4, 0.5) is 4.79 Å². The Morgan fingerprint density at radius 2 is 1.69 bits per heavy atom. The molecule has 0 radical (unpaired) electrons. The highest BCUT2D eigenvalue weighted by Crippen LogP contribution is 2.52. The normalized spacial score (nSPS) is 30.8. The molecule has 1 fully saturated rings. The fourth-order valence-corrected chi connectivity index (χ4v) is 2.92. The van der Waals surface area contributed by atoms with E-state index in [9.17, 15) is 4.79 Å². The van der Waals surface area contributed by atoms with Gasteiger partial charge in [-0.1, -0.05) is 27.7 Å². The third kappa shape index (κ3) is 2.03. The number of alkyl carbamates (subject to hydrolysis) is 1. The van der Waals surface area contributed by atoms with Crippen molar-refractivity contribution in [2.45, 2.75) is 59.7 Å². The van der Waals surface area contributed by atoms with Crippen LogP contribution in [0.2, 0.25) is 0 Å². The molecule has 1 aliphatic rings. The molecule has 0 aromatic heterocycles. The smallest absolute Gasteiger partial charge is 0.407 e. The summed E-state index contributed by atoms with van der Waals surface area (Å²) in [6.07, 6.45) is -0.451. The first-order valence-corrected chi connectivity index (χ1v) is 5.83. The van der Waals surface area contributed by atoms with Crippen LogP contribution in [0.15, 0.2) is 0 Å². The van der Waals surface area contributed by atoms with Crippen molar-refractivity contribution in [3.8, 4) is 0 Å². The Balaban J connectivity index is 2.64. The van der Waals surface area contributed by atoms with Crippen LogP contribution in [0.25, 0.3) is 0 Å². The fourth-order valence-electron chi connectivity index (χ4n) is 2.92. The van der Waals surface area contributed by atoms with Crippen LogP contribution in [0.5, 0.6) is 0 Å². The van der Waals surface area contributed by atoms with Crippen molar-refractivity contribution in [1.29, 1.82) is 0 Å². The zero-order valence-electron chi connectivity index (χ0n) is 11.1. The number of carbonyl (C=O) groups excluding carboxylic acids is 1. The van der Waals surface area contributed by atoms with Crippen molar-refractivity contribution >= 4 is 6.09 Å². The highest BCUT2D eigenvalue weighted by Gasteiger charge is 2.60. The van der Waals surface area contributed by atoms with Crippen LogP contribution in [-0.4, -0.2) is 24.3 Å². The first kappa shape index (κ1) is 13.3. The van der Waals surface area contributed by atoms with Gasteiger partial charge in [0.15, 0.2) is 0 Å². The molecular formula is C12H24N2O2. The Morgan fingerprint density at radius 1 is 1.25 bits per heavy atom. The molecule has 1 amide bonds. The maximum atomic E-state index is 11.6. The van der Waals surface area contributed by atoms with E-state index >= 15 is 0 Å². The quantitative estimate of drug-likeness (QED) is 0.758. The lowest BCUT2D eigenvalue weighted by Crippen LogP contribution is -2.76. The van der Waals surface area contributed by atoms with Gasteiger partial charge in [0.1, 0.15) is 0 Å². The molecule has 0 saturated heterocycles. The Morgan fingerprint density at radius 3 is 2.06 bits per heavy atom. The standard InChI is InChI=1S/C12H24N2O2/c1-7(2)16-10(15)14-9-11(3,4)8(13)12(9,5)6/h7-9H,13H2,1-6H3,(H,14,15). The molecule has 0 bridgehead atoms. The Bertz CT molecular complexity index is 269. The van der Waals surface area contributed by atoms with Crippen LogP contribution >= 0.6 is 0 Å². The Hall–Kier alpha value is -0.770. The molecule has 0 atom stereocenters. The first-order valence-electron chi connectivity index (χ1n) is 5.83. The van der Waals surface area contributed by atoms with Crippen LogP contribution in [-0.2, 0) is 4.74 Å².